The first-order chi connectivity index (χ1) is 18.3. The Balaban J connectivity index is 1.65. The van der Waals surface area contributed by atoms with Crippen molar-refractivity contribution in [3.63, 3.8) is 0 Å². The number of benzene rings is 7. The minimum atomic E-state index is 0.664. The molecular formula is C35H20N2. The van der Waals surface area contributed by atoms with Crippen LogP contribution in [0.4, 0.5) is 0 Å². The molecule has 0 amide bonds. The van der Waals surface area contributed by atoms with Gasteiger partial charge in [-0.3, -0.25) is 0 Å². The molecule has 0 atom stereocenters. The molecule has 0 radical (unpaired) electrons. The highest BCUT2D eigenvalue weighted by molar-refractivity contribution is 6.29. The average Bonchev–Trinajstić information content (AvgIpc) is 3.30. The lowest BCUT2D eigenvalue weighted by molar-refractivity contribution is 1.19. The van der Waals surface area contributed by atoms with Crippen LogP contribution in [0.25, 0.3) is 70.6 Å². The minimum absolute atomic E-state index is 0.664. The summed E-state index contributed by atoms with van der Waals surface area (Å²) in [5.41, 5.74) is 4.09. The van der Waals surface area contributed by atoms with Crippen molar-refractivity contribution in [1.29, 1.82) is 5.26 Å². The summed E-state index contributed by atoms with van der Waals surface area (Å²) in [4.78, 5) is 0. The Morgan fingerprint density at radius 3 is 1.68 bits per heavy atom. The molecule has 0 saturated heterocycles. The van der Waals surface area contributed by atoms with Crippen LogP contribution < -0.4 is 0 Å². The van der Waals surface area contributed by atoms with Crippen LogP contribution in [-0.4, -0.2) is 4.57 Å². The van der Waals surface area contributed by atoms with Crippen molar-refractivity contribution < 1.29 is 0 Å². The zero-order valence-electron chi connectivity index (χ0n) is 19.9. The van der Waals surface area contributed by atoms with Gasteiger partial charge in [-0.15, -0.1) is 0 Å². The maximum absolute atomic E-state index is 9.39. The fourth-order valence-electron chi connectivity index (χ4n) is 6.13. The summed E-state index contributed by atoms with van der Waals surface area (Å²) in [5, 5.41) is 21.9. The van der Waals surface area contributed by atoms with E-state index in [0.717, 1.165) is 5.69 Å². The third kappa shape index (κ3) is 2.74. The van der Waals surface area contributed by atoms with Gasteiger partial charge in [-0.2, -0.15) is 5.26 Å². The molecule has 8 rings (SSSR count). The van der Waals surface area contributed by atoms with E-state index in [4.69, 9.17) is 0 Å². The molecule has 0 spiro atoms. The Morgan fingerprint density at radius 1 is 0.459 bits per heavy atom. The molecule has 37 heavy (non-hydrogen) atoms. The second-order valence-electron chi connectivity index (χ2n) is 9.68. The molecular weight excluding hydrogens is 448 g/mol. The molecule has 1 aromatic heterocycles. The first kappa shape index (κ1) is 20.1. The zero-order chi connectivity index (χ0) is 24.5. The number of fused-ring (bicyclic) bond motifs is 11. The Hall–Kier alpha value is -5.13. The molecule has 0 fully saturated rings. The maximum atomic E-state index is 9.39. The quantitative estimate of drug-likeness (QED) is 0.221. The second-order valence-corrected chi connectivity index (χ2v) is 9.68. The van der Waals surface area contributed by atoms with Crippen LogP contribution in [0, 0.1) is 11.3 Å². The SMILES string of the molecule is N#Cc1ccc(-n2c3cc4c5ccccc5c5ccccc5c4cc3c3ccc4ccccc4c32)cc1. The Bertz CT molecular complexity index is 2240. The van der Waals surface area contributed by atoms with E-state index in [2.05, 4.69) is 120 Å². The molecule has 2 nitrogen and oxygen atoms in total. The van der Waals surface area contributed by atoms with Crippen LogP contribution in [-0.2, 0) is 0 Å². The monoisotopic (exact) mass is 468 g/mol. The fourth-order valence-corrected chi connectivity index (χ4v) is 6.13. The van der Waals surface area contributed by atoms with E-state index in [-0.39, 0.29) is 0 Å². The van der Waals surface area contributed by atoms with Crippen molar-refractivity contribution in [2.24, 2.45) is 0 Å². The van der Waals surface area contributed by atoms with Crippen LogP contribution in [0.3, 0.4) is 0 Å². The van der Waals surface area contributed by atoms with Gasteiger partial charge in [-0.05, 0) is 74.1 Å². The van der Waals surface area contributed by atoms with Crippen molar-refractivity contribution in [2.75, 3.05) is 0 Å². The summed E-state index contributed by atoms with van der Waals surface area (Å²) in [7, 11) is 0. The number of hydrogen-bond acceptors (Lipinski definition) is 1. The van der Waals surface area contributed by atoms with Crippen LogP contribution in [0.5, 0.6) is 0 Å². The Kier molecular flexibility index (Phi) is 4.04. The van der Waals surface area contributed by atoms with Gasteiger partial charge >= 0.3 is 0 Å². The van der Waals surface area contributed by atoms with Gasteiger partial charge in [0.05, 0.1) is 22.7 Å². The van der Waals surface area contributed by atoms with E-state index in [9.17, 15) is 5.26 Å². The van der Waals surface area contributed by atoms with Gasteiger partial charge in [0.2, 0.25) is 0 Å². The molecule has 0 bridgehead atoms. The number of aromatic nitrogens is 1. The summed E-state index contributed by atoms with van der Waals surface area (Å²) >= 11 is 0. The van der Waals surface area contributed by atoms with E-state index in [1.807, 2.05) is 12.1 Å². The largest absolute Gasteiger partial charge is 0.309 e. The molecule has 0 unspecified atom stereocenters. The average molecular weight is 469 g/mol. The van der Waals surface area contributed by atoms with E-state index in [1.165, 1.54) is 64.9 Å². The second kappa shape index (κ2) is 7.43. The molecule has 170 valence electrons. The van der Waals surface area contributed by atoms with Crippen molar-refractivity contribution in [1.82, 2.24) is 4.57 Å². The van der Waals surface area contributed by atoms with Crippen LogP contribution in [0.2, 0.25) is 0 Å². The number of hydrogen-bond donors (Lipinski definition) is 0. The third-order valence-corrected chi connectivity index (χ3v) is 7.77. The summed E-state index contributed by atoms with van der Waals surface area (Å²) in [6.07, 6.45) is 0. The van der Waals surface area contributed by atoms with Crippen molar-refractivity contribution >= 4 is 64.9 Å². The highest BCUT2D eigenvalue weighted by atomic mass is 15.0. The summed E-state index contributed by atoms with van der Waals surface area (Å²) in [5.74, 6) is 0. The molecule has 7 aromatic carbocycles. The van der Waals surface area contributed by atoms with Gasteiger partial charge in [0.1, 0.15) is 0 Å². The van der Waals surface area contributed by atoms with Crippen molar-refractivity contribution in [2.45, 2.75) is 0 Å². The van der Waals surface area contributed by atoms with E-state index in [1.54, 1.807) is 0 Å². The van der Waals surface area contributed by atoms with E-state index < -0.39 is 0 Å². The number of nitriles is 1. The normalized spacial score (nSPS) is 11.8. The van der Waals surface area contributed by atoms with Gasteiger partial charge in [0.25, 0.3) is 0 Å². The van der Waals surface area contributed by atoms with E-state index in [0.29, 0.717) is 5.56 Å². The summed E-state index contributed by atoms with van der Waals surface area (Å²) < 4.78 is 2.37. The Labute approximate surface area is 213 Å². The molecule has 0 N–H and O–H groups in total. The minimum Gasteiger partial charge on any atom is -0.309 e. The molecule has 0 aliphatic rings. The molecule has 8 aromatic rings. The molecule has 0 aliphatic heterocycles. The fraction of sp³-hybridized carbons (Fsp3) is 0. The van der Waals surface area contributed by atoms with Gasteiger partial charge < -0.3 is 4.57 Å². The van der Waals surface area contributed by atoms with Crippen LogP contribution in [0.1, 0.15) is 5.56 Å². The smallest absolute Gasteiger partial charge is 0.0991 e. The highest BCUT2D eigenvalue weighted by Gasteiger charge is 2.18. The summed E-state index contributed by atoms with van der Waals surface area (Å²) in [6, 6.07) is 45.5. The van der Waals surface area contributed by atoms with Crippen molar-refractivity contribution in [3.8, 4) is 11.8 Å². The third-order valence-electron chi connectivity index (χ3n) is 7.77. The first-order valence-corrected chi connectivity index (χ1v) is 12.5. The molecule has 2 heteroatoms. The van der Waals surface area contributed by atoms with Crippen molar-refractivity contribution in [3.05, 3.63) is 127 Å². The van der Waals surface area contributed by atoms with Gasteiger partial charge in [-0.25, -0.2) is 0 Å². The van der Waals surface area contributed by atoms with Crippen LogP contribution >= 0.6 is 0 Å². The number of rotatable bonds is 1. The zero-order valence-corrected chi connectivity index (χ0v) is 19.9. The standard InChI is InChI=1S/C35H20N2/c36-21-22-13-16-24(17-14-22)37-34-20-32-29-12-6-4-10-27(29)26-9-3-5-11-28(26)31(32)19-33(34)30-18-15-23-7-1-2-8-25(23)35(30)37/h1-20H. The Morgan fingerprint density at radius 2 is 1.03 bits per heavy atom. The lowest BCUT2D eigenvalue weighted by atomic mass is 9.93. The number of nitrogens with zero attached hydrogens (tertiary/aromatic N) is 2. The molecule has 0 saturated carbocycles. The van der Waals surface area contributed by atoms with Gasteiger partial charge in [0.15, 0.2) is 0 Å². The highest BCUT2D eigenvalue weighted by Crippen LogP contribution is 2.42. The maximum Gasteiger partial charge on any atom is 0.0991 e. The molecule has 1 heterocycles. The summed E-state index contributed by atoms with van der Waals surface area (Å²) in [6.45, 7) is 0. The van der Waals surface area contributed by atoms with Gasteiger partial charge in [0, 0.05) is 21.8 Å². The topological polar surface area (TPSA) is 28.7 Å². The first-order valence-electron chi connectivity index (χ1n) is 12.5. The molecule has 0 aliphatic carbocycles. The lowest BCUT2D eigenvalue weighted by Crippen LogP contribution is -1.95. The lowest BCUT2D eigenvalue weighted by Gasteiger charge is -2.13. The van der Waals surface area contributed by atoms with Gasteiger partial charge in [-0.1, -0.05) is 84.9 Å². The predicted octanol–water partition coefficient (Wildman–Crippen LogP) is 9.27. The predicted molar refractivity (Wildman–Crippen MR) is 156 cm³/mol. The van der Waals surface area contributed by atoms with E-state index >= 15 is 0 Å². The van der Waals surface area contributed by atoms with Crippen LogP contribution in [0.15, 0.2) is 121 Å².